The summed E-state index contributed by atoms with van der Waals surface area (Å²) in [6.45, 7) is 1.96. The van der Waals surface area contributed by atoms with E-state index < -0.39 is 0 Å². The smallest absolute Gasteiger partial charge is 0.110 e. The molecule has 0 radical (unpaired) electrons. The molecule has 13 heavy (non-hydrogen) atoms. The molecule has 0 fully saturated rings. The van der Waals surface area contributed by atoms with Gasteiger partial charge >= 0.3 is 0 Å². The molecule has 2 aromatic rings. The van der Waals surface area contributed by atoms with Crippen molar-refractivity contribution in [3.05, 3.63) is 47.5 Å². The highest BCUT2D eigenvalue weighted by Gasteiger charge is 1.99. The van der Waals surface area contributed by atoms with E-state index in [-0.39, 0.29) is 0 Å². The van der Waals surface area contributed by atoms with Gasteiger partial charge in [-0.25, -0.2) is 4.98 Å². The fourth-order valence-corrected chi connectivity index (χ4v) is 1.46. The minimum Gasteiger partial charge on any atom is -0.304 e. The van der Waals surface area contributed by atoms with Gasteiger partial charge in [-0.05, 0) is 25.1 Å². The van der Waals surface area contributed by atoms with E-state index in [1.165, 1.54) is 0 Å². The topological polar surface area (TPSA) is 17.8 Å². The summed E-state index contributed by atoms with van der Waals surface area (Å²) in [6.07, 6.45) is 3.69. The Labute approximate surface area is 81.8 Å². The van der Waals surface area contributed by atoms with Crippen LogP contribution in [0.4, 0.5) is 0 Å². The van der Waals surface area contributed by atoms with Crippen LogP contribution < -0.4 is 0 Å². The fourth-order valence-electron chi connectivity index (χ4n) is 1.28. The normalized spacial score (nSPS) is 10.3. The van der Waals surface area contributed by atoms with Crippen molar-refractivity contribution in [1.29, 1.82) is 0 Å². The number of imidazole rings is 1. The fraction of sp³-hybridized carbons (Fsp3) is 0.100. The van der Waals surface area contributed by atoms with Crippen molar-refractivity contribution in [3.8, 4) is 5.69 Å². The minimum absolute atomic E-state index is 0.741. The molecule has 0 unspecified atom stereocenters. The Kier molecular flexibility index (Phi) is 2.07. The van der Waals surface area contributed by atoms with Crippen LogP contribution in [0.3, 0.4) is 0 Å². The second-order valence-electron chi connectivity index (χ2n) is 2.82. The SMILES string of the molecule is Cc1nccn1-c1cccc(Cl)c1. The predicted octanol–water partition coefficient (Wildman–Crippen LogP) is 2.83. The van der Waals surface area contributed by atoms with Gasteiger partial charge < -0.3 is 4.57 Å². The monoisotopic (exact) mass is 192 g/mol. The average molecular weight is 193 g/mol. The number of aryl methyl sites for hydroxylation is 1. The molecular weight excluding hydrogens is 184 g/mol. The van der Waals surface area contributed by atoms with Crippen LogP contribution in [0.5, 0.6) is 0 Å². The van der Waals surface area contributed by atoms with Gasteiger partial charge in [0.2, 0.25) is 0 Å². The Hall–Kier alpha value is -1.28. The lowest BCUT2D eigenvalue weighted by atomic mass is 10.3. The van der Waals surface area contributed by atoms with Crippen LogP contribution in [0, 0.1) is 6.92 Å². The zero-order chi connectivity index (χ0) is 9.26. The summed E-state index contributed by atoms with van der Waals surface area (Å²) < 4.78 is 1.99. The molecule has 0 saturated heterocycles. The van der Waals surface area contributed by atoms with Gasteiger partial charge in [-0.2, -0.15) is 0 Å². The van der Waals surface area contributed by atoms with E-state index in [9.17, 15) is 0 Å². The maximum atomic E-state index is 5.88. The Morgan fingerprint density at radius 1 is 1.38 bits per heavy atom. The van der Waals surface area contributed by atoms with Gasteiger partial charge in [-0.3, -0.25) is 0 Å². The van der Waals surface area contributed by atoms with Crippen molar-refractivity contribution in [1.82, 2.24) is 9.55 Å². The first-order valence-corrected chi connectivity index (χ1v) is 4.41. The molecule has 2 rings (SSSR count). The lowest BCUT2D eigenvalue weighted by Crippen LogP contribution is -1.94. The third-order valence-corrected chi connectivity index (χ3v) is 2.15. The molecule has 0 N–H and O–H groups in total. The summed E-state index contributed by atoms with van der Waals surface area (Å²) in [5.41, 5.74) is 1.04. The number of aromatic nitrogens is 2. The molecule has 0 spiro atoms. The first-order valence-electron chi connectivity index (χ1n) is 4.03. The molecule has 0 bridgehead atoms. The number of hydrogen-bond acceptors (Lipinski definition) is 1. The highest BCUT2D eigenvalue weighted by Crippen LogP contribution is 2.15. The van der Waals surface area contributed by atoms with Gasteiger partial charge in [-0.15, -0.1) is 0 Å². The van der Waals surface area contributed by atoms with Crippen molar-refractivity contribution in [3.63, 3.8) is 0 Å². The molecule has 1 aromatic carbocycles. The van der Waals surface area contributed by atoms with Crippen LogP contribution in [0.1, 0.15) is 5.82 Å². The molecule has 66 valence electrons. The van der Waals surface area contributed by atoms with Crippen LogP contribution in [-0.4, -0.2) is 9.55 Å². The number of nitrogens with zero attached hydrogens (tertiary/aromatic N) is 2. The van der Waals surface area contributed by atoms with E-state index in [4.69, 9.17) is 11.6 Å². The number of rotatable bonds is 1. The van der Waals surface area contributed by atoms with Crippen LogP contribution >= 0.6 is 11.6 Å². The minimum atomic E-state index is 0.741. The standard InChI is InChI=1S/C10H9ClN2/c1-8-12-5-6-13(8)10-4-2-3-9(11)7-10/h2-7H,1H3. The average Bonchev–Trinajstić information content (AvgIpc) is 2.51. The molecule has 0 aliphatic heterocycles. The maximum Gasteiger partial charge on any atom is 0.110 e. The largest absolute Gasteiger partial charge is 0.304 e. The summed E-state index contributed by atoms with van der Waals surface area (Å²) in [6, 6.07) is 7.70. The summed E-state index contributed by atoms with van der Waals surface area (Å²) in [4.78, 5) is 4.14. The molecule has 3 heteroatoms. The Bertz CT molecular complexity index is 420. The molecule has 0 amide bonds. The van der Waals surface area contributed by atoms with E-state index >= 15 is 0 Å². The molecule has 2 nitrogen and oxygen atoms in total. The van der Waals surface area contributed by atoms with Crippen molar-refractivity contribution in [2.45, 2.75) is 6.92 Å². The second-order valence-corrected chi connectivity index (χ2v) is 3.26. The Balaban J connectivity index is 2.53. The lowest BCUT2D eigenvalue weighted by Gasteiger charge is -2.04. The lowest BCUT2D eigenvalue weighted by molar-refractivity contribution is 0.975. The molecule has 1 aromatic heterocycles. The van der Waals surface area contributed by atoms with E-state index in [0.29, 0.717) is 0 Å². The van der Waals surface area contributed by atoms with Gasteiger partial charge in [0.05, 0.1) is 0 Å². The molecule has 0 atom stereocenters. The maximum absolute atomic E-state index is 5.88. The van der Waals surface area contributed by atoms with Crippen molar-refractivity contribution in [2.24, 2.45) is 0 Å². The Morgan fingerprint density at radius 3 is 2.85 bits per heavy atom. The molecule has 0 aliphatic carbocycles. The Morgan fingerprint density at radius 2 is 2.23 bits per heavy atom. The molecule has 0 aliphatic rings. The highest BCUT2D eigenvalue weighted by molar-refractivity contribution is 6.30. The summed E-state index contributed by atoms with van der Waals surface area (Å²) in [7, 11) is 0. The summed E-state index contributed by atoms with van der Waals surface area (Å²) >= 11 is 5.88. The third kappa shape index (κ3) is 1.58. The highest BCUT2D eigenvalue weighted by atomic mass is 35.5. The summed E-state index contributed by atoms with van der Waals surface area (Å²) in [5, 5.41) is 0.741. The van der Waals surface area contributed by atoms with Crippen molar-refractivity contribution in [2.75, 3.05) is 0 Å². The van der Waals surface area contributed by atoms with Crippen molar-refractivity contribution >= 4 is 11.6 Å². The number of hydrogen-bond donors (Lipinski definition) is 0. The van der Waals surface area contributed by atoms with Crippen LogP contribution in [-0.2, 0) is 0 Å². The number of benzene rings is 1. The predicted molar refractivity (Wildman–Crippen MR) is 53.3 cm³/mol. The zero-order valence-corrected chi connectivity index (χ0v) is 7.99. The van der Waals surface area contributed by atoms with E-state index in [2.05, 4.69) is 4.98 Å². The van der Waals surface area contributed by atoms with Gasteiger partial charge in [0, 0.05) is 23.1 Å². The van der Waals surface area contributed by atoms with Gasteiger partial charge in [-0.1, -0.05) is 17.7 Å². The molecular formula is C10H9ClN2. The van der Waals surface area contributed by atoms with Crippen molar-refractivity contribution < 1.29 is 0 Å². The number of halogens is 1. The van der Waals surface area contributed by atoms with E-state index in [1.807, 2.05) is 42.0 Å². The first-order chi connectivity index (χ1) is 6.27. The van der Waals surface area contributed by atoms with Crippen LogP contribution in [0.25, 0.3) is 5.69 Å². The zero-order valence-electron chi connectivity index (χ0n) is 7.24. The van der Waals surface area contributed by atoms with Crippen LogP contribution in [0.15, 0.2) is 36.7 Å². The molecule has 0 saturated carbocycles. The quantitative estimate of drug-likeness (QED) is 0.680. The third-order valence-electron chi connectivity index (χ3n) is 1.91. The second kappa shape index (κ2) is 3.23. The van der Waals surface area contributed by atoms with Gasteiger partial charge in [0.15, 0.2) is 0 Å². The van der Waals surface area contributed by atoms with E-state index in [1.54, 1.807) is 6.20 Å². The first kappa shape index (κ1) is 8.32. The summed E-state index contributed by atoms with van der Waals surface area (Å²) in [5.74, 6) is 0.960. The van der Waals surface area contributed by atoms with Gasteiger partial charge in [0.25, 0.3) is 0 Å². The van der Waals surface area contributed by atoms with E-state index in [0.717, 1.165) is 16.5 Å². The molecule has 1 heterocycles. The van der Waals surface area contributed by atoms with Crippen LogP contribution in [0.2, 0.25) is 5.02 Å². The van der Waals surface area contributed by atoms with Gasteiger partial charge in [0.1, 0.15) is 5.82 Å².